The summed E-state index contributed by atoms with van der Waals surface area (Å²) in [5.41, 5.74) is 0.346. The van der Waals surface area contributed by atoms with Gasteiger partial charge in [0.1, 0.15) is 18.1 Å². The fourth-order valence-corrected chi connectivity index (χ4v) is 3.80. The second-order valence-electron chi connectivity index (χ2n) is 6.27. The van der Waals surface area contributed by atoms with E-state index in [1.165, 1.54) is 17.5 Å². The highest BCUT2D eigenvalue weighted by molar-refractivity contribution is 7.92. The number of nitrogens with one attached hydrogen (secondary N) is 1. The first-order valence-corrected chi connectivity index (χ1v) is 11.3. The third-order valence-electron chi connectivity index (χ3n) is 4.01. The molecule has 0 aromatic heterocycles. The summed E-state index contributed by atoms with van der Waals surface area (Å²) in [5.74, 6) is 0.955. The Hall–Kier alpha value is -2.45. The molecule has 158 valence electrons. The molecule has 0 unspecified atom stereocenters. The van der Waals surface area contributed by atoms with E-state index in [-0.39, 0.29) is 18.9 Å². The van der Waals surface area contributed by atoms with Crippen molar-refractivity contribution in [2.24, 2.45) is 0 Å². The molecule has 0 aliphatic rings. The van der Waals surface area contributed by atoms with E-state index in [2.05, 4.69) is 5.32 Å². The van der Waals surface area contributed by atoms with Gasteiger partial charge in [-0.15, -0.1) is 0 Å². The van der Waals surface area contributed by atoms with Gasteiger partial charge in [0.15, 0.2) is 0 Å². The summed E-state index contributed by atoms with van der Waals surface area (Å²) in [6, 6.07) is 14.1. The molecule has 1 N–H and O–H groups in total. The van der Waals surface area contributed by atoms with Gasteiger partial charge in [-0.25, -0.2) is 8.42 Å². The van der Waals surface area contributed by atoms with E-state index in [1.54, 1.807) is 12.1 Å². The van der Waals surface area contributed by atoms with Crippen LogP contribution in [0.2, 0.25) is 5.02 Å². The maximum atomic E-state index is 12.2. The average Bonchev–Trinajstić information content (AvgIpc) is 2.68. The molecule has 0 aliphatic carbocycles. The molecule has 0 saturated heterocycles. The standard InChI is InChI=1S/C20H25ClN2O5S/c1-27-19-11-10-16(21)15-18(19)23(29(2,25)26)13-6-9-20(24)22-12-14-28-17-7-4-3-5-8-17/h3-5,7-8,10-11,15H,6,9,12-14H2,1-2H3,(H,22,24). The molecule has 29 heavy (non-hydrogen) atoms. The maximum Gasteiger partial charge on any atom is 0.232 e. The van der Waals surface area contributed by atoms with Crippen LogP contribution in [0, 0.1) is 0 Å². The zero-order chi connectivity index (χ0) is 21.3. The molecule has 7 nitrogen and oxygen atoms in total. The number of para-hydroxylation sites is 1. The van der Waals surface area contributed by atoms with Crippen LogP contribution >= 0.6 is 11.6 Å². The predicted octanol–water partition coefficient (Wildman–Crippen LogP) is 3.09. The highest BCUT2D eigenvalue weighted by atomic mass is 35.5. The number of amides is 1. The zero-order valence-corrected chi connectivity index (χ0v) is 18.0. The summed E-state index contributed by atoms with van der Waals surface area (Å²) in [4.78, 5) is 12.0. The average molecular weight is 441 g/mol. The van der Waals surface area contributed by atoms with E-state index >= 15 is 0 Å². The Morgan fingerprint density at radius 2 is 1.90 bits per heavy atom. The molecule has 0 saturated carbocycles. The van der Waals surface area contributed by atoms with Crippen LogP contribution in [-0.2, 0) is 14.8 Å². The molecule has 9 heteroatoms. The van der Waals surface area contributed by atoms with Gasteiger partial charge in [0.2, 0.25) is 15.9 Å². The van der Waals surface area contributed by atoms with Crippen LogP contribution < -0.4 is 19.1 Å². The summed E-state index contributed by atoms with van der Waals surface area (Å²) in [7, 11) is -2.12. The number of methoxy groups -OCH3 is 1. The van der Waals surface area contributed by atoms with Crippen molar-refractivity contribution < 1.29 is 22.7 Å². The Labute approximate surface area is 176 Å². The van der Waals surface area contributed by atoms with Crippen LogP contribution in [0.5, 0.6) is 11.5 Å². The maximum absolute atomic E-state index is 12.2. The fraction of sp³-hybridized carbons (Fsp3) is 0.350. The van der Waals surface area contributed by atoms with Crippen LogP contribution in [0.25, 0.3) is 0 Å². The SMILES string of the molecule is COc1ccc(Cl)cc1N(CCCC(=O)NCCOc1ccccc1)S(C)(=O)=O. The molecule has 0 radical (unpaired) electrons. The summed E-state index contributed by atoms with van der Waals surface area (Å²) < 4.78 is 36.4. The smallest absolute Gasteiger partial charge is 0.232 e. The molecule has 2 aromatic carbocycles. The van der Waals surface area contributed by atoms with Gasteiger partial charge >= 0.3 is 0 Å². The summed E-state index contributed by atoms with van der Waals surface area (Å²) >= 11 is 6.01. The van der Waals surface area contributed by atoms with Gasteiger partial charge < -0.3 is 14.8 Å². The molecule has 0 bridgehead atoms. The molecule has 2 aromatic rings. The third kappa shape index (κ3) is 7.47. The van der Waals surface area contributed by atoms with Crippen LogP contribution in [0.3, 0.4) is 0 Å². The van der Waals surface area contributed by atoms with Gasteiger partial charge in [-0.3, -0.25) is 9.10 Å². The number of carbonyl (C=O) groups is 1. The minimum absolute atomic E-state index is 0.128. The van der Waals surface area contributed by atoms with Gasteiger partial charge in [-0.05, 0) is 36.8 Å². The van der Waals surface area contributed by atoms with Crippen LogP contribution in [0.15, 0.2) is 48.5 Å². The molecular weight excluding hydrogens is 416 g/mol. The van der Waals surface area contributed by atoms with Crippen molar-refractivity contribution in [3.05, 3.63) is 53.6 Å². The van der Waals surface area contributed by atoms with E-state index in [1.807, 2.05) is 30.3 Å². The second kappa shape index (κ2) is 10.9. The number of halogens is 1. The first-order valence-electron chi connectivity index (χ1n) is 9.07. The number of carbonyl (C=O) groups excluding carboxylic acids is 1. The lowest BCUT2D eigenvalue weighted by Gasteiger charge is -2.24. The highest BCUT2D eigenvalue weighted by Gasteiger charge is 2.21. The fourth-order valence-electron chi connectivity index (χ4n) is 2.67. The van der Waals surface area contributed by atoms with Crippen LogP contribution in [-0.4, -0.2) is 47.4 Å². The minimum Gasteiger partial charge on any atom is -0.495 e. The Kier molecular flexibility index (Phi) is 8.60. The lowest BCUT2D eigenvalue weighted by molar-refractivity contribution is -0.121. The lowest BCUT2D eigenvalue weighted by Crippen LogP contribution is -2.33. The van der Waals surface area contributed by atoms with Crippen molar-refractivity contribution in [3.8, 4) is 11.5 Å². The molecule has 0 heterocycles. The molecule has 1 amide bonds. The zero-order valence-electron chi connectivity index (χ0n) is 16.4. The van der Waals surface area contributed by atoms with E-state index in [0.29, 0.717) is 36.0 Å². The van der Waals surface area contributed by atoms with Gasteiger partial charge in [-0.1, -0.05) is 29.8 Å². The largest absolute Gasteiger partial charge is 0.495 e. The number of rotatable bonds is 11. The number of hydrogen-bond donors (Lipinski definition) is 1. The van der Waals surface area contributed by atoms with Crippen molar-refractivity contribution in [1.82, 2.24) is 5.32 Å². The Morgan fingerprint density at radius 3 is 2.55 bits per heavy atom. The predicted molar refractivity (Wildman–Crippen MR) is 114 cm³/mol. The van der Waals surface area contributed by atoms with Gasteiger partial charge in [0.25, 0.3) is 0 Å². The monoisotopic (exact) mass is 440 g/mol. The highest BCUT2D eigenvalue weighted by Crippen LogP contribution is 2.32. The summed E-state index contributed by atoms with van der Waals surface area (Å²) in [5, 5.41) is 3.15. The number of benzene rings is 2. The van der Waals surface area contributed by atoms with Crippen LogP contribution in [0.1, 0.15) is 12.8 Å². The van der Waals surface area contributed by atoms with Gasteiger partial charge in [0.05, 0.1) is 25.6 Å². The Morgan fingerprint density at radius 1 is 1.17 bits per heavy atom. The topological polar surface area (TPSA) is 84.9 Å². The van der Waals surface area contributed by atoms with Gasteiger partial charge in [-0.2, -0.15) is 0 Å². The van der Waals surface area contributed by atoms with E-state index in [0.717, 1.165) is 12.0 Å². The first-order chi connectivity index (χ1) is 13.8. The molecule has 0 aliphatic heterocycles. The summed E-state index contributed by atoms with van der Waals surface area (Å²) in [6.45, 7) is 0.847. The van der Waals surface area contributed by atoms with Crippen LogP contribution in [0.4, 0.5) is 5.69 Å². The van der Waals surface area contributed by atoms with Crippen molar-refractivity contribution in [2.45, 2.75) is 12.8 Å². The van der Waals surface area contributed by atoms with Gasteiger partial charge in [0, 0.05) is 18.0 Å². The number of sulfonamides is 1. The number of hydrogen-bond acceptors (Lipinski definition) is 5. The molecule has 0 atom stereocenters. The number of nitrogens with zero attached hydrogens (tertiary/aromatic N) is 1. The molecular formula is C20H25ClN2O5S. The molecule has 0 fully saturated rings. The first kappa shape index (κ1) is 22.8. The lowest BCUT2D eigenvalue weighted by atomic mass is 10.2. The van der Waals surface area contributed by atoms with Crippen molar-refractivity contribution >= 4 is 33.2 Å². The molecule has 0 spiro atoms. The minimum atomic E-state index is -3.57. The molecule has 2 rings (SSSR count). The third-order valence-corrected chi connectivity index (χ3v) is 5.43. The normalized spacial score (nSPS) is 11.0. The Bertz CT molecular complexity index is 906. The van der Waals surface area contributed by atoms with Crippen molar-refractivity contribution in [3.63, 3.8) is 0 Å². The summed E-state index contributed by atoms with van der Waals surface area (Å²) in [6.07, 6.45) is 1.63. The van der Waals surface area contributed by atoms with E-state index < -0.39 is 10.0 Å². The number of ether oxygens (including phenoxy) is 2. The number of anilines is 1. The van der Waals surface area contributed by atoms with Crippen molar-refractivity contribution in [2.75, 3.05) is 37.4 Å². The quantitative estimate of drug-likeness (QED) is 0.543. The second-order valence-corrected chi connectivity index (χ2v) is 8.61. The Balaban J connectivity index is 1.84. The van der Waals surface area contributed by atoms with E-state index in [9.17, 15) is 13.2 Å². The van der Waals surface area contributed by atoms with Crippen molar-refractivity contribution in [1.29, 1.82) is 0 Å². The van der Waals surface area contributed by atoms with E-state index in [4.69, 9.17) is 21.1 Å².